The number of fused-ring (bicyclic) bond motifs is 1. The van der Waals surface area contributed by atoms with Gasteiger partial charge in [-0.25, -0.2) is 4.98 Å². The Bertz CT molecular complexity index is 1460. The van der Waals surface area contributed by atoms with Crippen LogP contribution in [0.5, 0.6) is 0 Å². The summed E-state index contributed by atoms with van der Waals surface area (Å²) in [5.74, 6) is -1.37. The molecule has 1 N–H and O–H groups in total. The minimum Gasteiger partial charge on any atom is -0.481 e. The second kappa shape index (κ2) is 10.7. The van der Waals surface area contributed by atoms with E-state index in [2.05, 4.69) is 0 Å². The van der Waals surface area contributed by atoms with Crippen LogP contribution in [0.25, 0.3) is 10.2 Å². The minimum atomic E-state index is -1.11. The topological polar surface area (TPSA) is 70.5 Å². The SMILES string of the molecule is CCC(c1nc2ccccc2s1)N1C(=O)C(C)(CC(=O)O)CC(c2cccc(Cl)c2)C1c1ccc(Cl)cc1. The van der Waals surface area contributed by atoms with Crippen molar-refractivity contribution >= 4 is 56.6 Å². The van der Waals surface area contributed by atoms with Gasteiger partial charge in [-0.2, -0.15) is 0 Å². The number of amides is 1. The van der Waals surface area contributed by atoms with E-state index in [4.69, 9.17) is 28.2 Å². The zero-order chi connectivity index (χ0) is 27.0. The van der Waals surface area contributed by atoms with Gasteiger partial charge in [0, 0.05) is 16.0 Å². The number of halogens is 2. The van der Waals surface area contributed by atoms with Gasteiger partial charge in [-0.15, -0.1) is 11.3 Å². The number of hydrogen-bond donors (Lipinski definition) is 1. The fraction of sp³-hybridized carbons (Fsp3) is 0.300. The van der Waals surface area contributed by atoms with Crippen molar-refractivity contribution in [3.63, 3.8) is 0 Å². The Kier molecular flexibility index (Phi) is 7.49. The fourth-order valence-electron chi connectivity index (χ4n) is 5.75. The molecular weight excluding hydrogens is 539 g/mol. The third-order valence-electron chi connectivity index (χ3n) is 7.45. The maximum atomic E-state index is 14.5. The Morgan fingerprint density at radius 2 is 1.82 bits per heavy atom. The number of aliphatic carboxylic acids is 1. The molecule has 38 heavy (non-hydrogen) atoms. The summed E-state index contributed by atoms with van der Waals surface area (Å²) in [4.78, 5) is 33.3. The molecule has 0 bridgehead atoms. The number of thiazole rings is 1. The smallest absolute Gasteiger partial charge is 0.304 e. The zero-order valence-electron chi connectivity index (χ0n) is 21.1. The molecule has 1 aromatic heterocycles. The van der Waals surface area contributed by atoms with Crippen LogP contribution in [0.1, 0.15) is 67.2 Å². The van der Waals surface area contributed by atoms with Crippen LogP contribution < -0.4 is 0 Å². The number of aromatic nitrogens is 1. The normalized spacial score (nSPS) is 22.5. The minimum absolute atomic E-state index is 0.177. The summed E-state index contributed by atoms with van der Waals surface area (Å²) in [6.45, 7) is 3.82. The molecule has 4 atom stereocenters. The average molecular weight is 568 g/mol. The van der Waals surface area contributed by atoms with Crippen molar-refractivity contribution in [3.05, 3.63) is 99.0 Å². The van der Waals surface area contributed by atoms with Crippen LogP contribution in [0.15, 0.2) is 72.8 Å². The fourth-order valence-corrected chi connectivity index (χ4v) is 7.22. The van der Waals surface area contributed by atoms with Crippen molar-refractivity contribution in [3.8, 4) is 0 Å². The molecule has 4 unspecified atom stereocenters. The lowest BCUT2D eigenvalue weighted by Crippen LogP contribution is -2.53. The molecule has 0 saturated carbocycles. The number of piperidine rings is 1. The van der Waals surface area contributed by atoms with E-state index < -0.39 is 11.4 Å². The number of para-hydroxylation sites is 1. The van der Waals surface area contributed by atoms with Gasteiger partial charge in [-0.1, -0.05) is 73.4 Å². The van der Waals surface area contributed by atoms with Crippen molar-refractivity contribution in [2.24, 2.45) is 5.41 Å². The van der Waals surface area contributed by atoms with Gasteiger partial charge in [0.05, 0.1) is 34.1 Å². The van der Waals surface area contributed by atoms with E-state index in [0.717, 1.165) is 26.4 Å². The average Bonchev–Trinajstić information content (AvgIpc) is 3.31. The molecule has 196 valence electrons. The van der Waals surface area contributed by atoms with Gasteiger partial charge in [0.15, 0.2) is 0 Å². The van der Waals surface area contributed by atoms with E-state index in [1.807, 2.05) is 84.6 Å². The first-order chi connectivity index (χ1) is 18.2. The highest BCUT2D eigenvalue weighted by molar-refractivity contribution is 7.18. The van der Waals surface area contributed by atoms with Crippen LogP contribution in [0, 0.1) is 5.41 Å². The van der Waals surface area contributed by atoms with E-state index in [9.17, 15) is 14.7 Å². The summed E-state index contributed by atoms with van der Waals surface area (Å²) in [5, 5.41) is 11.9. The number of likely N-dealkylation sites (tertiary alicyclic amines) is 1. The van der Waals surface area contributed by atoms with Gasteiger partial charge in [-0.05, 0) is 60.4 Å². The number of hydrogen-bond acceptors (Lipinski definition) is 4. The van der Waals surface area contributed by atoms with E-state index in [1.165, 1.54) is 0 Å². The summed E-state index contributed by atoms with van der Waals surface area (Å²) < 4.78 is 1.05. The first kappa shape index (κ1) is 26.7. The molecule has 1 amide bonds. The first-order valence-electron chi connectivity index (χ1n) is 12.6. The van der Waals surface area contributed by atoms with Gasteiger partial charge in [-0.3, -0.25) is 9.59 Å². The van der Waals surface area contributed by atoms with Gasteiger partial charge in [0.25, 0.3) is 0 Å². The van der Waals surface area contributed by atoms with Crippen molar-refractivity contribution < 1.29 is 14.7 Å². The van der Waals surface area contributed by atoms with Crippen LogP contribution in [0.3, 0.4) is 0 Å². The lowest BCUT2D eigenvalue weighted by Gasteiger charge is -2.51. The second-order valence-electron chi connectivity index (χ2n) is 10.1. The zero-order valence-corrected chi connectivity index (χ0v) is 23.4. The number of carboxylic acids is 1. The summed E-state index contributed by atoms with van der Waals surface area (Å²) in [6.07, 6.45) is 0.739. The van der Waals surface area contributed by atoms with Crippen LogP contribution in [-0.2, 0) is 9.59 Å². The molecule has 0 radical (unpaired) electrons. The molecule has 0 spiro atoms. The van der Waals surface area contributed by atoms with Crippen molar-refractivity contribution in [1.82, 2.24) is 9.88 Å². The quantitative estimate of drug-likeness (QED) is 0.244. The second-order valence-corrected chi connectivity index (χ2v) is 12.1. The molecule has 1 fully saturated rings. The monoisotopic (exact) mass is 566 g/mol. The third kappa shape index (κ3) is 5.05. The predicted octanol–water partition coefficient (Wildman–Crippen LogP) is 8.29. The van der Waals surface area contributed by atoms with E-state index in [-0.39, 0.29) is 30.3 Å². The Balaban J connectivity index is 1.73. The van der Waals surface area contributed by atoms with Crippen LogP contribution >= 0.6 is 34.5 Å². The Morgan fingerprint density at radius 1 is 1.08 bits per heavy atom. The highest BCUT2D eigenvalue weighted by Crippen LogP contribution is 2.54. The van der Waals surface area contributed by atoms with Gasteiger partial charge < -0.3 is 10.0 Å². The van der Waals surface area contributed by atoms with E-state index in [0.29, 0.717) is 22.9 Å². The molecule has 0 aliphatic carbocycles. The molecule has 1 saturated heterocycles. The van der Waals surface area contributed by atoms with Gasteiger partial charge in [0.2, 0.25) is 5.91 Å². The Morgan fingerprint density at radius 3 is 2.47 bits per heavy atom. The molecular formula is C30H28Cl2N2O3S. The molecule has 1 aliphatic rings. The number of carbonyl (C=O) groups excluding carboxylic acids is 1. The standard InChI is InChI=1S/C30H28Cl2N2O3S/c1-3-24(28-33-23-9-4-5-10-25(23)38-28)34-27(18-11-13-20(31)14-12-18)22(19-7-6-8-21(32)15-19)16-30(2,29(34)37)17-26(35)36/h4-15,22,24,27H,3,16-17H2,1-2H3,(H,35,36). The van der Waals surface area contributed by atoms with Crippen molar-refractivity contribution in [2.75, 3.05) is 0 Å². The molecule has 2 heterocycles. The molecule has 1 aliphatic heterocycles. The third-order valence-corrected chi connectivity index (χ3v) is 9.07. The maximum absolute atomic E-state index is 14.5. The number of benzene rings is 3. The lowest BCUT2D eigenvalue weighted by atomic mass is 9.67. The number of carbonyl (C=O) groups is 2. The number of rotatable bonds is 7. The number of carboxylic acid groups (broad SMARTS) is 1. The van der Waals surface area contributed by atoms with Gasteiger partial charge >= 0.3 is 5.97 Å². The summed E-state index contributed by atoms with van der Waals surface area (Å²) in [7, 11) is 0. The summed E-state index contributed by atoms with van der Waals surface area (Å²) in [5.41, 5.74) is 1.68. The lowest BCUT2D eigenvalue weighted by molar-refractivity contribution is -0.160. The largest absolute Gasteiger partial charge is 0.481 e. The number of nitrogens with zero attached hydrogens (tertiary/aromatic N) is 2. The molecule has 5 rings (SSSR count). The summed E-state index contributed by atoms with van der Waals surface area (Å²) in [6, 6.07) is 22.4. The van der Waals surface area contributed by atoms with E-state index in [1.54, 1.807) is 18.3 Å². The van der Waals surface area contributed by atoms with Crippen LogP contribution in [0.4, 0.5) is 0 Å². The first-order valence-corrected chi connectivity index (χ1v) is 14.2. The summed E-state index contributed by atoms with van der Waals surface area (Å²) >= 11 is 14.3. The van der Waals surface area contributed by atoms with Crippen LogP contribution in [-0.4, -0.2) is 26.9 Å². The van der Waals surface area contributed by atoms with Crippen LogP contribution in [0.2, 0.25) is 10.0 Å². The molecule has 4 aromatic rings. The highest BCUT2D eigenvalue weighted by Gasteiger charge is 2.52. The molecule has 3 aromatic carbocycles. The van der Waals surface area contributed by atoms with E-state index >= 15 is 0 Å². The van der Waals surface area contributed by atoms with Gasteiger partial charge in [0.1, 0.15) is 5.01 Å². The maximum Gasteiger partial charge on any atom is 0.304 e. The van der Waals surface area contributed by atoms with Crippen molar-refractivity contribution in [1.29, 1.82) is 0 Å². The highest BCUT2D eigenvalue weighted by atomic mass is 35.5. The Hall–Kier alpha value is -2.93. The Labute approximate surface area is 236 Å². The van der Waals surface area contributed by atoms with Crippen molar-refractivity contribution in [2.45, 2.75) is 51.1 Å². The molecule has 5 nitrogen and oxygen atoms in total. The predicted molar refractivity (Wildman–Crippen MR) is 153 cm³/mol. The molecule has 8 heteroatoms.